The van der Waals surface area contributed by atoms with Crippen LogP contribution < -0.4 is 10.5 Å². The molecule has 2 rings (SSSR count). The number of ether oxygens (including phenoxy) is 1. The number of nitrogens with zero attached hydrogens (tertiary/aromatic N) is 1. The fourth-order valence-corrected chi connectivity index (χ4v) is 2.43. The first-order valence-electron chi connectivity index (χ1n) is 6.50. The second kappa shape index (κ2) is 7.95. The van der Waals surface area contributed by atoms with E-state index in [1.807, 2.05) is 24.3 Å². The summed E-state index contributed by atoms with van der Waals surface area (Å²) >= 11 is 6.03. The molecule has 2 N–H and O–H groups in total. The quantitative estimate of drug-likeness (QED) is 0.842. The van der Waals surface area contributed by atoms with Gasteiger partial charge in [0.2, 0.25) is 0 Å². The van der Waals surface area contributed by atoms with Crippen LogP contribution in [0.15, 0.2) is 24.3 Å². The van der Waals surface area contributed by atoms with Gasteiger partial charge in [0.1, 0.15) is 12.4 Å². The summed E-state index contributed by atoms with van der Waals surface area (Å²) in [5.74, 6) is 1.55. The summed E-state index contributed by atoms with van der Waals surface area (Å²) in [6.07, 6.45) is 2.63. The number of hydrogen-bond acceptors (Lipinski definition) is 3. The van der Waals surface area contributed by atoms with Crippen LogP contribution in [0, 0.1) is 5.92 Å². The summed E-state index contributed by atoms with van der Waals surface area (Å²) in [5.41, 5.74) is 5.82. The lowest BCUT2D eigenvalue weighted by atomic mass is 10.1. The van der Waals surface area contributed by atoms with E-state index in [0.29, 0.717) is 17.7 Å². The summed E-state index contributed by atoms with van der Waals surface area (Å²) in [6, 6.07) is 8.06. The monoisotopic (exact) mass is 304 g/mol. The van der Waals surface area contributed by atoms with Crippen molar-refractivity contribution in [1.29, 1.82) is 0 Å². The SMILES string of the molecule is CN(CCOc1ccccc1Cl)C(CN)C1CC1.Cl. The van der Waals surface area contributed by atoms with E-state index in [9.17, 15) is 0 Å². The predicted molar refractivity (Wildman–Crippen MR) is 82.4 cm³/mol. The maximum atomic E-state index is 6.03. The molecule has 0 heterocycles. The van der Waals surface area contributed by atoms with Gasteiger partial charge in [-0.1, -0.05) is 23.7 Å². The minimum absolute atomic E-state index is 0. The van der Waals surface area contributed by atoms with Gasteiger partial charge in [-0.05, 0) is 37.9 Å². The van der Waals surface area contributed by atoms with E-state index < -0.39 is 0 Å². The van der Waals surface area contributed by atoms with Gasteiger partial charge in [0.25, 0.3) is 0 Å². The molecule has 0 bridgehead atoms. The van der Waals surface area contributed by atoms with Crippen LogP contribution in [0.25, 0.3) is 0 Å². The maximum Gasteiger partial charge on any atom is 0.137 e. The van der Waals surface area contributed by atoms with Gasteiger partial charge >= 0.3 is 0 Å². The average molecular weight is 305 g/mol. The van der Waals surface area contributed by atoms with Crippen LogP contribution >= 0.6 is 24.0 Å². The molecule has 0 aliphatic heterocycles. The van der Waals surface area contributed by atoms with Crippen molar-refractivity contribution in [3.05, 3.63) is 29.3 Å². The molecular formula is C14H22Cl2N2O. The predicted octanol–water partition coefficient (Wildman–Crippen LogP) is 2.81. The van der Waals surface area contributed by atoms with Gasteiger partial charge in [-0.25, -0.2) is 0 Å². The van der Waals surface area contributed by atoms with Crippen LogP contribution in [0.2, 0.25) is 5.02 Å². The zero-order chi connectivity index (χ0) is 13.0. The van der Waals surface area contributed by atoms with Gasteiger partial charge in [0.15, 0.2) is 0 Å². The molecule has 19 heavy (non-hydrogen) atoms. The summed E-state index contributed by atoms with van der Waals surface area (Å²) in [6.45, 7) is 2.25. The standard InChI is InChI=1S/C14H21ClN2O.ClH/c1-17(13(10-16)11-6-7-11)8-9-18-14-5-3-2-4-12(14)15;/h2-5,11,13H,6-10,16H2,1H3;1H. The Bertz CT molecular complexity index is 385. The summed E-state index contributed by atoms with van der Waals surface area (Å²) in [4.78, 5) is 2.30. The smallest absolute Gasteiger partial charge is 0.137 e. The Kier molecular flexibility index (Phi) is 6.94. The van der Waals surface area contributed by atoms with Gasteiger partial charge in [0.05, 0.1) is 5.02 Å². The Morgan fingerprint density at radius 3 is 2.68 bits per heavy atom. The van der Waals surface area contributed by atoms with E-state index in [2.05, 4.69) is 11.9 Å². The van der Waals surface area contributed by atoms with Crippen molar-refractivity contribution >= 4 is 24.0 Å². The number of nitrogens with two attached hydrogens (primary N) is 1. The van der Waals surface area contributed by atoms with Gasteiger partial charge in [0, 0.05) is 19.1 Å². The molecule has 5 heteroatoms. The van der Waals surface area contributed by atoms with Gasteiger partial charge in [-0.3, -0.25) is 4.90 Å². The molecule has 0 radical (unpaired) electrons. The highest BCUT2D eigenvalue weighted by atomic mass is 35.5. The first-order chi connectivity index (χ1) is 8.72. The number of hydrogen-bond donors (Lipinski definition) is 1. The van der Waals surface area contributed by atoms with E-state index in [-0.39, 0.29) is 12.4 Å². The van der Waals surface area contributed by atoms with Crippen molar-refractivity contribution in [2.45, 2.75) is 18.9 Å². The van der Waals surface area contributed by atoms with E-state index >= 15 is 0 Å². The fraction of sp³-hybridized carbons (Fsp3) is 0.571. The van der Waals surface area contributed by atoms with Crippen LogP contribution in [0.4, 0.5) is 0 Å². The Labute approximate surface area is 126 Å². The number of likely N-dealkylation sites (N-methyl/N-ethyl adjacent to an activating group) is 1. The zero-order valence-corrected chi connectivity index (χ0v) is 12.8. The minimum Gasteiger partial charge on any atom is -0.491 e. The normalized spacial score (nSPS) is 16.0. The Balaban J connectivity index is 0.00000180. The Morgan fingerprint density at radius 1 is 1.42 bits per heavy atom. The molecule has 1 saturated carbocycles. The van der Waals surface area contributed by atoms with E-state index in [4.69, 9.17) is 22.1 Å². The molecule has 0 aromatic heterocycles. The fourth-order valence-electron chi connectivity index (χ4n) is 2.24. The molecule has 1 aliphatic carbocycles. The largest absolute Gasteiger partial charge is 0.491 e. The lowest BCUT2D eigenvalue weighted by Crippen LogP contribution is -2.41. The van der Waals surface area contributed by atoms with Crippen LogP contribution in [0.1, 0.15) is 12.8 Å². The van der Waals surface area contributed by atoms with E-state index in [0.717, 1.165) is 24.8 Å². The number of para-hydroxylation sites is 1. The highest BCUT2D eigenvalue weighted by molar-refractivity contribution is 6.32. The maximum absolute atomic E-state index is 6.03. The molecule has 0 spiro atoms. The molecule has 0 saturated heterocycles. The molecule has 108 valence electrons. The third-order valence-electron chi connectivity index (χ3n) is 3.51. The van der Waals surface area contributed by atoms with Crippen LogP contribution in [0.3, 0.4) is 0 Å². The van der Waals surface area contributed by atoms with Crippen molar-refractivity contribution in [2.24, 2.45) is 11.7 Å². The summed E-state index contributed by atoms with van der Waals surface area (Å²) in [7, 11) is 2.12. The Hall–Kier alpha value is -0.480. The van der Waals surface area contributed by atoms with Crippen LogP contribution in [0.5, 0.6) is 5.75 Å². The third-order valence-corrected chi connectivity index (χ3v) is 3.82. The second-order valence-electron chi connectivity index (χ2n) is 4.90. The van der Waals surface area contributed by atoms with Crippen molar-refractivity contribution in [2.75, 3.05) is 26.7 Å². The lowest BCUT2D eigenvalue weighted by molar-refractivity contribution is 0.180. The lowest BCUT2D eigenvalue weighted by Gasteiger charge is -2.26. The topological polar surface area (TPSA) is 38.5 Å². The molecule has 1 unspecified atom stereocenters. The van der Waals surface area contributed by atoms with E-state index in [1.54, 1.807) is 0 Å². The average Bonchev–Trinajstić information content (AvgIpc) is 3.17. The second-order valence-corrected chi connectivity index (χ2v) is 5.31. The van der Waals surface area contributed by atoms with Crippen molar-refractivity contribution < 1.29 is 4.74 Å². The number of rotatable bonds is 7. The molecule has 1 aliphatic rings. The summed E-state index contributed by atoms with van der Waals surface area (Å²) in [5, 5.41) is 0.665. The van der Waals surface area contributed by atoms with Gasteiger partial charge in [-0.2, -0.15) is 0 Å². The highest BCUT2D eigenvalue weighted by Gasteiger charge is 2.32. The molecule has 0 amide bonds. The Morgan fingerprint density at radius 2 is 2.11 bits per heavy atom. The highest BCUT2D eigenvalue weighted by Crippen LogP contribution is 2.34. The van der Waals surface area contributed by atoms with Crippen molar-refractivity contribution in [3.63, 3.8) is 0 Å². The first-order valence-corrected chi connectivity index (χ1v) is 6.88. The van der Waals surface area contributed by atoms with Crippen LogP contribution in [-0.4, -0.2) is 37.7 Å². The molecule has 3 nitrogen and oxygen atoms in total. The summed E-state index contributed by atoms with van der Waals surface area (Å²) < 4.78 is 5.69. The number of benzene rings is 1. The molecular weight excluding hydrogens is 283 g/mol. The molecule has 1 aromatic rings. The zero-order valence-electron chi connectivity index (χ0n) is 11.2. The molecule has 1 atom stereocenters. The minimum atomic E-state index is 0. The third kappa shape index (κ3) is 4.84. The first kappa shape index (κ1) is 16.6. The number of halogens is 2. The van der Waals surface area contributed by atoms with Crippen LogP contribution in [-0.2, 0) is 0 Å². The van der Waals surface area contributed by atoms with Gasteiger partial charge < -0.3 is 10.5 Å². The van der Waals surface area contributed by atoms with E-state index in [1.165, 1.54) is 12.8 Å². The molecule has 1 fully saturated rings. The molecule has 1 aromatic carbocycles. The van der Waals surface area contributed by atoms with Crippen molar-refractivity contribution in [1.82, 2.24) is 4.90 Å². The van der Waals surface area contributed by atoms with Gasteiger partial charge in [-0.15, -0.1) is 12.4 Å². The van der Waals surface area contributed by atoms with Crippen molar-refractivity contribution in [3.8, 4) is 5.75 Å².